The summed E-state index contributed by atoms with van der Waals surface area (Å²) in [7, 11) is 0. The van der Waals surface area contributed by atoms with Crippen LogP contribution in [0.25, 0.3) is 10.8 Å². The summed E-state index contributed by atoms with van der Waals surface area (Å²) in [4.78, 5) is 14.9. The second-order valence-corrected chi connectivity index (χ2v) is 6.09. The van der Waals surface area contributed by atoms with Crippen LogP contribution in [-0.2, 0) is 4.74 Å². The predicted molar refractivity (Wildman–Crippen MR) is 88.0 cm³/mol. The standard InChI is InChI=1S/C17H18BrNO2/c1-12-11-21-14(9-18)10-19(12)17(20)16-8-4-6-13-5-2-3-7-15(13)16/h2-8,12,14H,9-11H2,1H3. The smallest absolute Gasteiger partial charge is 0.254 e. The van der Waals surface area contributed by atoms with Crippen molar-refractivity contribution in [2.24, 2.45) is 0 Å². The molecule has 0 N–H and O–H groups in total. The average Bonchev–Trinajstić information content (AvgIpc) is 2.54. The van der Waals surface area contributed by atoms with Crippen molar-refractivity contribution in [2.45, 2.75) is 19.1 Å². The van der Waals surface area contributed by atoms with Gasteiger partial charge in [-0.1, -0.05) is 52.3 Å². The third kappa shape index (κ3) is 2.83. The lowest BCUT2D eigenvalue weighted by Crippen LogP contribution is -2.51. The Labute approximate surface area is 133 Å². The Balaban J connectivity index is 1.96. The van der Waals surface area contributed by atoms with E-state index in [0.29, 0.717) is 13.2 Å². The number of nitrogens with zero attached hydrogens (tertiary/aromatic N) is 1. The van der Waals surface area contributed by atoms with Gasteiger partial charge in [-0.3, -0.25) is 4.79 Å². The van der Waals surface area contributed by atoms with Crippen molar-refractivity contribution in [3.05, 3.63) is 48.0 Å². The van der Waals surface area contributed by atoms with Crippen molar-refractivity contribution >= 4 is 32.6 Å². The van der Waals surface area contributed by atoms with Gasteiger partial charge in [0.05, 0.1) is 18.8 Å². The van der Waals surface area contributed by atoms with Crippen LogP contribution < -0.4 is 0 Å². The maximum atomic E-state index is 12.9. The average molecular weight is 348 g/mol. The molecule has 3 nitrogen and oxygen atoms in total. The van der Waals surface area contributed by atoms with Crippen LogP contribution in [0, 0.1) is 0 Å². The lowest BCUT2D eigenvalue weighted by atomic mass is 10.0. The number of fused-ring (bicyclic) bond motifs is 1. The van der Waals surface area contributed by atoms with E-state index in [-0.39, 0.29) is 18.1 Å². The number of hydrogen-bond donors (Lipinski definition) is 0. The molecule has 0 aliphatic carbocycles. The predicted octanol–water partition coefficient (Wildman–Crippen LogP) is 3.46. The zero-order valence-electron chi connectivity index (χ0n) is 12.0. The first-order chi connectivity index (χ1) is 10.2. The van der Waals surface area contributed by atoms with E-state index in [9.17, 15) is 4.79 Å². The molecule has 110 valence electrons. The lowest BCUT2D eigenvalue weighted by molar-refractivity contribution is -0.0360. The Bertz CT molecular complexity index is 653. The van der Waals surface area contributed by atoms with Crippen molar-refractivity contribution in [1.82, 2.24) is 4.90 Å². The van der Waals surface area contributed by atoms with Gasteiger partial charge < -0.3 is 9.64 Å². The minimum atomic E-state index is 0.0696. The van der Waals surface area contributed by atoms with Gasteiger partial charge in [-0.05, 0) is 23.8 Å². The van der Waals surface area contributed by atoms with E-state index in [1.54, 1.807) is 0 Å². The summed E-state index contributed by atoms with van der Waals surface area (Å²) in [6.45, 7) is 3.26. The largest absolute Gasteiger partial charge is 0.373 e. The molecule has 2 atom stereocenters. The van der Waals surface area contributed by atoms with E-state index in [2.05, 4.69) is 15.9 Å². The molecule has 1 saturated heterocycles. The van der Waals surface area contributed by atoms with Gasteiger partial charge in [-0.2, -0.15) is 0 Å². The van der Waals surface area contributed by atoms with E-state index >= 15 is 0 Å². The molecule has 2 aromatic rings. The van der Waals surface area contributed by atoms with Gasteiger partial charge in [0.15, 0.2) is 0 Å². The second-order valence-electron chi connectivity index (χ2n) is 5.44. The number of carbonyl (C=O) groups is 1. The van der Waals surface area contributed by atoms with Gasteiger partial charge >= 0.3 is 0 Å². The number of benzene rings is 2. The first-order valence-corrected chi connectivity index (χ1v) is 8.29. The highest BCUT2D eigenvalue weighted by Gasteiger charge is 2.30. The molecule has 21 heavy (non-hydrogen) atoms. The molecular formula is C17H18BrNO2. The number of morpholine rings is 1. The Morgan fingerprint density at radius 2 is 2.05 bits per heavy atom. The summed E-state index contributed by atoms with van der Waals surface area (Å²) in [6, 6.07) is 14.0. The number of alkyl halides is 1. The van der Waals surface area contributed by atoms with E-state index in [4.69, 9.17) is 4.74 Å². The van der Waals surface area contributed by atoms with Crippen molar-refractivity contribution in [3.8, 4) is 0 Å². The molecule has 1 amide bonds. The molecule has 1 fully saturated rings. The fraction of sp³-hybridized carbons (Fsp3) is 0.353. The first-order valence-electron chi connectivity index (χ1n) is 7.17. The molecule has 0 spiro atoms. The fourth-order valence-corrected chi connectivity index (χ4v) is 3.15. The monoisotopic (exact) mass is 347 g/mol. The molecule has 0 aromatic heterocycles. The highest BCUT2D eigenvalue weighted by molar-refractivity contribution is 9.09. The normalized spacial score (nSPS) is 22.5. The Morgan fingerprint density at radius 1 is 1.29 bits per heavy atom. The van der Waals surface area contributed by atoms with Crippen molar-refractivity contribution in [1.29, 1.82) is 0 Å². The number of hydrogen-bond acceptors (Lipinski definition) is 2. The summed E-state index contributed by atoms with van der Waals surface area (Å²) in [5, 5.41) is 2.86. The van der Waals surface area contributed by atoms with E-state index in [1.165, 1.54) is 0 Å². The van der Waals surface area contributed by atoms with E-state index in [0.717, 1.165) is 21.7 Å². The third-order valence-corrected chi connectivity index (χ3v) is 4.68. The maximum Gasteiger partial charge on any atom is 0.254 e. The molecule has 1 aliphatic heterocycles. The van der Waals surface area contributed by atoms with Crippen LogP contribution in [0.2, 0.25) is 0 Å². The summed E-state index contributed by atoms with van der Waals surface area (Å²) in [5.41, 5.74) is 0.773. The van der Waals surface area contributed by atoms with Crippen LogP contribution >= 0.6 is 15.9 Å². The second kappa shape index (κ2) is 6.16. The number of amides is 1. The molecular weight excluding hydrogens is 330 g/mol. The van der Waals surface area contributed by atoms with Crippen molar-refractivity contribution in [2.75, 3.05) is 18.5 Å². The number of halogens is 1. The van der Waals surface area contributed by atoms with Crippen LogP contribution in [0.4, 0.5) is 0 Å². The maximum absolute atomic E-state index is 12.9. The zero-order chi connectivity index (χ0) is 14.8. The van der Waals surface area contributed by atoms with Gasteiger partial charge in [-0.25, -0.2) is 0 Å². The van der Waals surface area contributed by atoms with Crippen LogP contribution in [0.1, 0.15) is 17.3 Å². The van der Waals surface area contributed by atoms with Crippen molar-refractivity contribution in [3.63, 3.8) is 0 Å². The number of ether oxygens (including phenoxy) is 1. The molecule has 0 saturated carbocycles. The van der Waals surface area contributed by atoms with Crippen LogP contribution in [-0.4, -0.2) is 41.4 Å². The lowest BCUT2D eigenvalue weighted by Gasteiger charge is -2.37. The molecule has 0 bridgehead atoms. The van der Waals surface area contributed by atoms with Gasteiger partial charge in [0.2, 0.25) is 0 Å². The van der Waals surface area contributed by atoms with Gasteiger partial charge in [0.1, 0.15) is 0 Å². The molecule has 1 aliphatic rings. The highest BCUT2D eigenvalue weighted by Crippen LogP contribution is 2.23. The molecule has 1 heterocycles. The minimum absolute atomic E-state index is 0.0696. The van der Waals surface area contributed by atoms with Crippen molar-refractivity contribution < 1.29 is 9.53 Å². The molecule has 0 radical (unpaired) electrons. The highest BCUT2D eigenvalue weighted by atomic mass is 79.9. The fourth-order valence-electron chi connectivity index (χ4n) is 2.76. The SMILES string of the molecule is CC1COC(CBr)CN1C(=O)c1cccc2ccccc12. The number of rotatable bonds is 2. The Kier molecular flexibility index (Phi) is 4.27. The topological polar surface area (TPSA) is 29.5 Å². The van der Waals surface area contributed by atoms with E-state index < -0.39 is 0 Å². The Morgan fingerprint density at radius 3 is 2.86 bits per heavy atom. The van der Waals surface area contributed by atoms with Gasteiger partial charge in [0, 0.05) is 17.4 Å². The van der Waals surface area contributed by atoms with E-state index in [1.807, 2.05) is 54.3 Å². The summed E-state index contributed by atoms with van der Waals surface area (Å²) >= 11 is 3.44. The summed E-state index contributed by atoms with van der Waals surface area (Å²) < 4.78 is 5.70. The zero-order valence-corrected chi connectivity index (χ0v) is 13.5. The minimum Gasteiger partial charge on any atom is -0.373 e. The summed E-state index contributed by atoms with van der Waals surface area (Å²) in [5.74, 6) is 0.0913. The molecule has 2 aromatic carbocycles. The molecule has 3 rings (SSSR count). The quantitative estimate of drug-likeness (QED) is 0.778. The van der Waals surface area contributed by atoms with Crippen LogP contribution in [0.15, 0.2) is 42.5 Å². The van der Waals surface area contributed by atoms with Gasteiger partial charge in [-0.15, -0.1) is 0 Å². The van der Waals surface area contributed by atoms with Crippen LogP contribution in [0.3, 0.4) is 0 Å². The third-order valence-electron chi connectivity index (χ3n) is 3.96. The van der Waals surface area contributed by atoms with Crippen LogP contribution in [0.5, 0.6) is 0 Å². The molecule has 4 heteroatoms. The number of carbonyl (C=O) groups excluding carboxylic acids is 1. The molecule has 2 unspecified atom stereocenters. The summed E-state index contributed by atoms with van der Waals surface area (Å²) in [6.07, 6.45) is 0.0696. The Hall–Kier alpha value is -1.39. The van der Waals surface area contributed by atoms with Gasteiger partial charge in [0.25, 0.3) is 5.91 Å². The first kappa shape index (κ1) is 14.5.